The lowest BCUT2D eigenvalue weighted by atomic mass is 9.79. The third-order valence-corrected chi connectivity index (χ3v) is 3.95. The summed E-state index contributed by atoms with van der Waals surface area (Å²) in [6.45, 7) is 10.4. The first kappa shape index (κ1) is 17.5. The van der Waals surface area contributed by atoms with E-state index in [4.69, 9.17) is 18.8 Å². The van der Waals surface area contributed by atoms with Crippen molar-refractivity contribution in [3.05, 3.63) is 18.2 Å². The zero-order valence-corrected chi connectivity index (χ0v) is 14.3. The van der Waals surface area contributed by atoms with E-state index in [1.54, 1.807) is 12.1 Å². The van der Waals surface area contributed by atoms with Crippen LogP contribution in [0.15, 0.2) is 18.2 Å². The van der Waals surface area contributed by atoms with E-state index in [1.807, 2.05) is 27.7 Å². The van der Waals surface area contributed by atoms with Gasteiger partial charge in [0.05, 0.1) is 11.2 Å². The monoisotopic (exact) mass is 320 g/mol. The number of esters is 2. The first-order valence-electron chi connectivity index (χ1n) is 7.38. The van der Waals surface area contributed by atoms with Gasteiger partial charge >= 0.3 is 19.1 Å². The average Bonchev–Trinajstić information content (AvgIpc) is 2.56. The van der Waals surface area contributed by atoms with Crippen molar-refractivity contribution in [2.75, 3.05) is 0 Å². The third kappa shape index (κ3) is 3.92. The van der Waals surface area contributed by atoms with E-state index in [2.05, 4.69) is 0 Å². The van der Waals surface area contributed by atoms with Crippen LogP contribution in [0.3, 0.4) is 0 Å². The third-order valence-electron chi connectivity index (χ3n) is 3.95. The van der Waals surface area contributed by atoms with Crippen molar-refractivity contribution in [2.24, 2.45) is 0 Å². The highest BCUT2D eigenvalue weighted by molar-refractivity contribution is 6.62. The van der Waals surface area contributed by atoms with Crippen LogP contribution in [0.25, 0.3) is 0 Å². The van der Waals surface area contributed by atoms with Gasteiger partial charge < -0.3 is 18.8 Å². The molecule has 0 radical (unpaired) electrons. The van der Waals surface area contributed by atoms with Crippen molar-refractivity contribution in [3.8, 4) is 11.5 Å². The molecular weight excluding hydrogens is 299 g/mol. The largest absolute Gasteiger partial charge is 0.495 e. The van der Waals surface area contributed by atoms with Gasteiger partial charge in [0.1, 0.15) is 11.5 Å². The number of carbonyl (C=O) groups excluding carboxylic acids is 2. The van der Waals surface area contributed by atoms with Crippen molar-refractivity contribution in [1.82, 2.24) is 0 Å². The fourth-order valence-electron chi connectivity index (χ4n) is 2.16. The van der Waals surface area contributed by atoms with Gasteiger partial charge in [-0.3, -0.25) is 9.59 Å². The molecule has 1 fully saturated rings. The van der Waals surface area contributed by atoms with Gasteiger partial charge in [0.2, 0.25) is 0 Å². The molecule has 2 rings (SSSR count). The van der Waals surface area contributed by atoms with Gasteiger partial charge in [0.15, 0.2) is 0 Å². The van der Waals surface area contributed by atoms with Gasteiger partial charge in [-0.15, -0.1) is 0 Å². The minimum absolute atomic E-state index is 0.265. The van der Waals surface area contributed by atoms with E-state index in [1.165, 1.54) is 19.9 Å². The fourth-order valence-corrected chi connectivity index (χ4v) is 2.16. The van der Waals surface area contributed by atoms with Gasteiger partial charge in [-0.1, -0.05) is 0 Å². The summed E-state index contributed by atoms with van der Waals surface area (Å²) in [5.74, 6) is -0.406. The standard InChI is InChI=1S/C16H21BO6/c1-10(18)20-13-7-12(8-14(9-13)21-11(2)19)17-22-15(3,4)16(5,6)23-17/h7-9H,1-6H3. The number of benzene rings is 1. The van der Waals surface area contributed by atoms with Crippen LogP contribution in [0.2, 0.25) is 0 Å². The molecule has 1 aromatic rings. The van der Waals surface area contributed by atoms with Crippen molar-refractivity contribution in [1.29, 1.82) is 0 Å². The van der Waals surface area contributed by atoms with Crippen LogP contribution in [-0.2, 0) is 18.9 Å². The lowest BCUT2D eigenvalue weighted by Crippen LogP contribution is -2.41. The van der Waals surface area contributed by atoms with Crippen LogP contribution in [0.4, 0.5) is 0 Å². The summed E-state index contributed by atoms with van der Waals surface area (Å²) < 4.78 is 22.1. The van der Waals surface area contributed by atoms with Crippen LogP contribution < -0.4 is 14.9 Å². The molecule has 0 aromatic heterocycles. The van der Waals surface area contributed by atoms with Gasteiger partial charge in [0.25, 0.3) is 0 Å². The maximum absolute atomic E-state index is 11.2. The topological polar surface area (TPSA) is 71.1 Å². The lowest BCUT2D eigenvalue weighted by molar-refractivity contribution is -0.132. The molecule has 0 atom stereocenters. The van der Waals surface area contributed by atoms with Crippen LogP contribution >= 0.6 is 0 Å². The molecule has 0 saturated carbocycles. The molecule has 6 nitrogen and oxygen atoms in total. The Morgan fingerprint density at radius 2 is 1.26 bits per heavy atom. The SMILES string of the molecule is CC(=O)Oc1cc(OC(C)=O)cc(B2OC(C)(C)C(C)(C)O2)c1. The maximum Gasteiger partial charge on any atom is 0.495 e. The second-order valence-corrected chi connectivity index (χ2v) is 6.51. The van der Waals surface area contributed by atoms with Gasteiger partial charge in [0, 0.05) is 19.9 Å². The summed E-state index contributed by atoms with van der Waals surface area (Å²) >= 11 is 0. The van der Waals surface area contributed by atoms with E-state index in [0.717, 1.165) is 0 Å². The number of ether oxygens (including phenoxy) is 2. The lowest BCUT2D eigenvalue weighted by Gasteiger charge is -2.32. The molecule has 0 bridgehead atoms. The normalized spacial score (nSPS) is 18.6. The molecule has 0 spiro atoms. The Bertz CT molecular complexity index is 587. The minimum atomic E-state index is -0.648. The number of hydrogen-bond acceptors (Lipinski definition) is 6. The summed E-state index contributed by atoms with van der Waals surface area (Å²) in [6, 6.07) is 4.74. The van der Waals surface area contributed by atoms with E-state index < -0.39 is 30.3 Å². The first-order chi connectivity index (χ1) is 10.5. The summed E-state index contributed by atoms with van der Waals surface area (Å²) in [7, 11) is -0.648. The molecular formula is C16H21BO6. The molecule has 1 aliphatic rings. The molecule has 0 aliphatic carbocycles. The molecule has 23 heavy (non-hydrogen) atoms. The van der Waals surface area contributed by atoms with Crippen LogP contribution in [-0.4, -0.2) is 30.3 Å². The predicted molar refractivity (Wildman–Crippen MR) is 84.8 cm³/mol. The van der Waals surface area contributed by atoms with Gasteiger partial charge in [-0.05, 0) is 45.3 Å². The maximum atomic E-state index is 11.2. The Morgan fingerprint density at radius 3 is 1.61 bits per heavy atom. The van der Waals surface area contributed by atoms with Crippen LogP contribution in [0.5, 0.6) is 11.5 Å². The summed E-state index contributed by atoms with van der Waals surface area (Å²) in [5.41, 5.74) is -0.397. The molecule has 1 saturated heterocycles. The van der Waals surface area contributed by atoms with E-state index >= 15 is 0 Å². The zero-order chi connectivity index (χ0) is 17.4. The van der Waals surface area contributed by atoms with E-state index in [-0.39, 0.29) is 11.5 Å². The molecule has 0 unspecified atom stereocenters. The molecule has 1 aromatic carbocycles. The zero-order valence-electron chi connectivity index (χ0n) is 14.3. The Kier molecular flexibility index (Phi) is 4.55. The van der Waals surface area contributed by atoms with Crippen molar-refractivity contribution < 1.29 is 28.4 Å². The van der Waals surface area contributed by atoms with E-state index in [0.29, 0.717) is 5.46 Å². The highest BCUT2D eigenvalue weighted by Crippen LogP contribution is 2.37. The summed E-state index contributed by atoms with van der Waals surface area (Å²) in [5, 5.41) is 0. The van der Waals surface area contributed by atoms with Crippen molar-refractivity contribution >= 4 is 24.5 Å². The summed E-state index contributed by atoms with van der Waals surface area (Å²) in [6.07, 6.45) is 0. The highest BCUT2D eigenvalue weighted by atomic mass is 16.7. The van der Waals surface area contributed by atoms with E-state index in [9.17, 15) is 9.59 Å². The van der Waals surface area contributed by atoms with Crippen LogP contribution in [0.1, 0.15) is 41.5 Å². The quantitative estimate of drug-likeness (QED) is 0.481. The Balaban J connectivity index is 2.37. The van der Waals surface area contributed by atoms with Crippen LogP contribution in [0, 0.1) is 0 Å². The molecule has 124 valence electrons. The Morgan fingerprint density at radius 1 is 0.870 bits per heavy atom. The smallest absolute Gasteiger partial charge is 0.427 e. The van der Waals surface area contributed by atoms with Gasteiger partial charge in [-0.25, -0.2) is 0 Å². The molecule has 1 aliphatic heterocycles. The number of rotatable bonds is 3. The predicted octanol–water partition coefficient (Wildman–Crippen LogP) is 1.84. The molecule has 7 heteroatoms. The number of hydrogen-bond donors (Lipinski definition) is 0. The highest BCUT2D eigenvalue weighted by Gasteiger charge is 2.51. The first-order valence-corrected chi connectivity index (χ1v) is 7.38. The minimum Gasteiger partial charge on any atom is -0.427 e. The Hall–Kier alpha value is -1.86. The second-order valence-electron chi connectivity index (χ2n) is 6.51. The van der Waals surface area contributed by atoms with Crippen molar-refractivity contribution in [2.45, 2.75) is 52.7 Å². The fraction of sp³-hybridized carbons (Fsp3) is 0.500. The summed E-state index contributed by atoms with van der Waals surface area (Å²) in [4.78, 5) is 22.4. The molecule has 1 heterocycles. The number of carbonyl (C=O) groups is 2. The second kappa shape index (κ2) is 5.98. The molecule has 0 N–H and O–H groups in total. The average molecular weight is 320 g/mol. The Labute approximate surface area is 136 Å². The molecule has 0 amide bonds. The van der Waals surface area contributed by atoms with Gasteiger partial charge in [-0.2, -0.15) is 0 Å². The van der Waals surface area contributed by atoms with Crippen molar-refractivity contribution in [3.63, 3.8) is 0 Å².